The second-order valence-corrected chi connectivity index (χ2v) is 5.41. The third-order valence-corrected chi connectivity index (χ3v) is 3.39. The minimum atomic E-state index is -0.399. The van der Waals surface area contributed by atoms with Crippen LogP contribution in [0.3, 0.4) is 0 Å². The van der Waals surface area contributed by atoms with E-state index in [9.17, 15) is 4.79 Å². The molecule has 0 bridgehead atoms. The molecule has 3 nitrogen and oxygen atoms in total. The summed E-state index contributed by atoms with van der Waals surface area (Å²) in [7, 11) is 0. The molecule has 2 aromatic carbocycles. The summed E-state index contributed by atoms with van der Waals surface area (Å²) in [5.41, 5.74) is 1.63. The van der Waals surface area contributed by atoms with E-state index < -0.39 is 6.10 Å². The van der Waals surface area contributed by atoms with Gasteiger partial charge in [-0.25, -0.2) is 0 Å². The fourth-order valence-corrected chi connectivity index (χ4v) is 2.39. The molecule has 1 fully saturated rings. The molecule has 0 aromatic heterocycles. The molecule has 1 aliphatic heterocycles. The summed E-state index contributed by atoms with van der Waals surface area (Å²) in [4.78, 5) is 12.6. The highest BCUT2D eigenvalue weighted by atomic mass is 16.6. The van der Waals surface area contributed by atoms with Gasteiger partial charge in [-0.3, -0.25) is 4.79 Å². The smallest absolute Gasteiger partial charge is 0.198 e. The molecule has 0 spiro atoms. The number of para-hydroxylation sites is 1. The van der Waals surface area contributed by atoms with Gasteiger partial charge >= 0.3 is 0 Å². The highest BCUT2D eigenvalue weighted by molar-refractivity contribution is 6.03. The third kappa shape index (κ3) is 2.98. The second-order valence-electron chi connectivity index (χ2n) is 5.41. The summed E-state index contributed by atoms with van der Waals surface area (Å²) in [5, 5.41) is 0. The van der Waals surface area contributed by atoms with Crippen LogP contribution in [0.15, 0.2) is 54.6 Å². The van der Waals surface area contributed by atoms with Crippen molar-refractivity contribution in [3.8, 4) is 5.75 Å². The maximum atomic E-state index is 12.6. The number of ketones is 1. The minimum Gasteiger partial charge on any atom is -0.490 e. The van der Waals surface area contributed by atoms with E-state index in [-0.39, 0.29) is 18.0 Å². The van der Waals surface area contributed by atoms with Crippen molar-refractivity contribution in [1.29, 1.82) is 0 Å². The van der Waals surface area contributed by atoms with Gasteiger partial charge in [-0.05, 0) is 31.5 Å². The summed E-state index contributed by atoms with van der Waals surface area (Å²) in [6, 6.07) is 17.2. The molecule has 2 atom stereocenters. The lowest BCUT2D eigenvalue weighted by Crippen LogP contribution is -2.13. The SMILES string of the molecule is CC(C)Oc1ccccc1C(=O)[C@@H]1O[C@H]1c1ccccc1. The molecule has 0 aliphatic carbocycles. The predicted molar refractivity (Wildman–Crippen MR) is 80.6 cm³/mol. The van der Waals surface area contributed by atoms with Crippen LogP contribution >= 0.6 is 0 Å². The number of ether oxygens (including phenoxy) is 2. The molecule has 1 aliphatic rings. The zero-order valence-electron chi connectivity index (χ0n) is 12.2. The van der Waals surface area contributed by atoms with Gasteiger partial charge in [-0.2, -0.15) is 0 Å². The first-order chi connectivity index (χ1) is 10.2. The van der Waals surface area contributed by atoms with Gasteiger partial charge in [0.2, 0.25) is 0 Å². The molecule has 0 N–H and O–H groups in total. The summed E-state index contributed by atoms with van der Waals surface area (Å²) < 4.78 is 11.3. The number of carbonyl (C=O) groups excluding carboxylic acids is 1. The zero-order valence-corrected chi connectivity index (χ0v) is 12.2. The first-order valence-corrected chi connectivity index (χ1v) is 7.17. The van der Waals surface area contributed by atoms with E-state index in [1.54, 1.807) is 6.07 Å². The molecule has 21 heavy (non-hydrogen) atoms. The van der Waals surface area contributed by atoms with Crippen LogP contribution in [-0.4, -0.2) is 18.0 Å². The molecule has 2 aromatic rings. The van der Waals surface area contributed by atoms with Crippen LogP contribution in [0.2, 0.25) is 0 Å². The van der Waals surface area contributed by atoms with Crippen molar-refractivity contribution in [3.63, 3.8) is 0 Å². The van der Waals surface area contributed by atoms with Crippen LogP contribution in [0.5, 0.6) is 5.75 Å². The van der Waals surface area contributed by atoms with Gasteiger partial charge in [0.25, 0.3) is 0 Å². The Bertz CT molecular complexity index is 634. The van der Waals surface area contributed by atoms with E-state index >= 15 is 0 Å². The molecular weight excluding hydrogens is 264 g/mol. The first kappa shape index (κ1) is 13.8. The Labute approximate surface area is 124 Å². The topological polar surface area (TPSA) is 38.8 Å². The standard InChI is InChI=1S/C18H18O3/c1-12(2)20-15-11-7-6-10-14(15)16(19)18-17(21-18)13-8-4-3-5-9-13/h3-12,17-18H,1-2H3/t17-,18-/m0/s1. The summed E-state index contributed by atoms with van der Waals surface area (Å²) in [5.74, 6) is 0.611. The zero-order chi connectivity index (χ0) is 14.8. The Hall–Kier alpha value is -2.13. The van der Waals surface area contributed by atoms with Crippen LogP contribution in [0, 0.1) is 0 Å². The fourth-order valence-electron chi connectivity index (χ4n) is 2.39. The Morgan fingerprint density at radius 1 is 1.05 bits per heavy atom. The van der Waals surface area contributed by atoms with E-state index in [2.05, 4.69) is 0 Å². The van der Waals surface area contributed by atoms with Gasteiger partial charge in [-0.15, -0.1) is 0 Å². The summed E-state index contributed by atoms with van der Waals surface area (Å²) in [6.07, 6.45) is -0.501. The number of Topliss-reactive ketones (excluding diaryl/α,β-unsaturated/α-hetero) is 1. The molecular formula is C18H18O3. The highest BCUT2D eigenvalue weighted by Crippen LogP contribution is 2.41. The van der Waals surface area contributed by atoms with E-state index in [4.69, 9.17) is 9.47 Å². The molecule has 1 saturated heterocycles. The molecule has 3 rings (SSSR count). The summed E-state index contributed by atoms with van der Waals surface area (Å²) >= 11 is 0. The number of epoxide rings is 1. The quantitative estimate of drug-likeness (QED) is 0.618. The lowest BCUT2D eigenvalue weighted by Gasteiger charge is -2.12. The van der Waals surface area contributed by atoms with Crippen LogP contribution in [0.25, 0.3) is 0 Å². The number of hydrogen-bond donors (Lipinski definition) is 0. The van der Waals surface area contributed by atoms with E-state index in [1.165, 1.54) is 0 Å². The van der Waals surface area contributed by atoms with Gasteiger partial charge in [0, 0.05) is 0 Å². The monoisotopic (exact) mass is 282 g/mol. The number of hydrogen-bond acceptors (Lipinski definition) is 3. The van der Waals surface area contributed by atoms with Gasteiger partial charge < -0.3 is 9.47 Å². The Balaban J connectivity index is 1.78. The van der Waals surface area contributed by atoms with Crippen molar-refractivity contribution in [3.05, 3.63) is 65.7 Å². The van der Waals surface area contributed by atoms with Crippen LogP contribution in [-0.2, 0) is 4.74 Å². The van der Waals surface area contributed by atoms with Crippen LogP contribution < -0.4 is 4.74 Å². The lowest BCUT2D eigenvalue weighted by atomic mass is 10.0. The summed E-state index contributed by atoms with van der Waals surface area (Å²) in [6.45, 7) is 3.89. The fraction of sp³-hybridized carbons (Fsp3) is 0.278. The van der Waals surface area contributed by atoms with Crippen LogP contribution in [0.1, 0.15) is 35.9 Å². The van der Waals surface area contributed by atoms with E-state index in [0.29, 0.717) is 11.3 Å². The molecule has 108 valence electrons. The van der Waals surface area contributed by atoms with Crippen molar-refractivity contribution >= 4 is 5.78 Å². The average molecular weight is 282 g/mol. The Kier molecular flexibility index (Phi) is 3.76. The van der Waals surface area contributed by atoms with E-state index in [0.717, 1.165) is 5.56 Å². The molecule has 1 heterocycles. The van der Waals surface area contributed by atoms with Crippen LogP contribution in [0.4, 0.5) is 0 Å². The number of carbonyl (C=O) groups is 1. The third-order valence-electron chi connectivity index (χ3n) is 3.39. The van der Waals surface area contributed by atoms with Gasteiger partial charge in [-0.1, -0.05) is 42.5 Å². The minimum absolute atomic E-state index is 0.0138. The first-order valence-electron chi connectivity index (χ1n) is 7.17. The maximum Gasteiger partial charge on any atom is 0.198 e. The molecule has 0 saturated carbocycles. The molecule has 0 amide bonds. The van der Waals surface area contributed by atoms with Crippen molar-refractivity contribution in [2.75, 3.05) is 0 Å². The Morgan fingerprint density at radius 3 is 2.43 bits per heavy atom. The van der Waals surface area contributed by atoms with Gasteiger partial charge in [0.15, 0.2) is 11.9 Å². The van der Waals surface area contributed by atoms with Crippen molar-refractivity contribution in [2.24, 2.45) is 0 Å². The normalized spacial score (nSPS) is 20.3. The van der Waals surface area contributed by atoms with Crippen molar-refractivity contribution < 1.29 is 14.3 Å². The molecule has 3 heteroatoms. The average Bonchev–Trinajstić information content (AvgIpc) is 3.28. The van der Waals surface area contributed by atoms with Crippen molar-refractivity contribution in [2.45, 2.75) is 32.2 Å². The largest absolute Gasteiger partial charge is 0.490 e. The number of rotatable bonds is 5. The Morgan fingerprint density at radius 2 is 1.71 bits per heavy atom. The number of benzene rings is 2. The highest BCUT2D eigenvalue weighted by Gasteiger charge is 2.46. The lowest BCUT2D eigenvalue weighted by molar-refractivity contribution is 0.0948. The maximum absolute atomic E-state index is 12.6. The van der Waals surface area contributed by atoms with Crippen molar-refractivity contribution in [1.82, 2.24) is 0 Å². The molecule has 0 radical (unpaired) electrons. The second kappa shape index (κ2) is 5.70. The van der Waals surface area contributed by atoms with Gasteiger partial charge in [0.05, 0.1) is 11.7 Å². The predicted octanol–water partition coefficient (Wildman–Crippen LogP) is 3.80. The van der Waals surface area contributed by atoms with Gasteiger partial charge in [0.1, 0.15) is 11.9 Å². The van der Waals surface area contributed by atoms with E-state index in [1.807, 2.05) is 62.4 Å². The molecule has 0 unspecified atom stereocenters.